The minimum atomic E-state index is -0.0782. The van der Waals surface area contributed by atoms with Crippen LogP contribution < -0.4 is 0 Å². The summed E-state index contributed by atoms with van der Waals surface area (Å²) >= 11 is 1.79. The standard InChI is InChI=1S/C11H18N2OS/c1-8-11(15-9(2)12-8)7-13-5-3-10(14)4-6-13/h10,14H,3-7H2,1-2H3. The Bertz CT molecular complexity index is 329. The van der Waals surface area contributed by atoms with Crippen molar-refractivity contribution in [3.8, 4) is 0 Å². The summed E-state index contributed by atoms with van der Waals surface area (Å²) in [4.78, 5) is 8.22. The van der Waals surface area contributed by atoms with Crippen molar-refractivity contribution in [1.29, 1.82) is 0 Å². The summed E-state index contributed by atoms with van der Waals surface area (Å²) in [7, 11) is 0. The van der Waals surface area contributed by atoms with E-state index in [1.807, 2.05) is 0 Å². The van der Waals surface area contributed by atoms with E-state index in [0.717, 1.165) is 37.5 Å². The first-order valence-corrected chi connectivity index (χ1v) is 6.30. The van der Waals surface area contributed by atoms with Crippen molar-refractivity contribution < 1.29 is 5.11 Å². The van der Waals surface area contributed by atoms with Crippen molar-refractivity contribution in [2.75, 3.05) is 13.1 Å². The first kappa shape index (κ1) is 11.0. The minimum absolute atomic E-state index is 0.0782. The highest BCUT2D eigenvalue weighted by molar-refractivity contribution is 7.11. The SMILES string of the molecule is Cc1nc(C)c(CN2CCC(O)CC2)s1. The zero-order valence-corrected chi connectivity index (χ0v) is 10.2. The molecule has 0 aliphatic carbocycles. The van der Waals surface area contributed by atoms with Crippen molar-refractivity contribution in [3.05, 3.63) is 15.6 Å². The second-order valence-corrected chi connectivity index (χ2v) is 5.54. The van der Waals surface area contributed by atoms with Gasteiger partial charge in [-0.05, 0) is 26.7 Å². The topological polar surface area (TPSA) is 36.4 Å². The van der Waals surface area contributed by atoms with Crippen molar-refractivity contribution in [2.45, 2.75) is 39.3 Å². The summed E-state index contributed by atoms with van der Waals surface area (Å²) in [5.74, 6) is 0. The molecule has 15 heavy (non-hydrogen) atoms. The van der Waals surface area contributed by atoms with Crippen molar-refractivity contribution in [2.24, 2.45) is 0 Å². The molecule has 2 heterocycles. The van der Waals surface area contributed by atoms with Crippen LogP contribution in [0.15, 0.2) is 0 Å². The van der Waals surface area contributed by atoms with Crippen molar-refractivity contribution in [1.82, 2.24) is 9.88 Å². The van der Waals surface area contributed by atoms with Gasteiger partial charge in [0.1, 0.15) is 0 Å². The Hall–Kier alpha value is -0.450. The first-order valence-electron chi connectivity index (χ1n) is 5.48. The molecule has 1 aromatic rings. The van der Waals surface area contributed by atoms with Crippen LogP contribution in [0.4, 0.5) is 0 Å². The number of nitrogens with zero attached hydrogens (tertiary/aromatic N) is 2. The summed E-state index contributed by atoms with van der Waals surface area (Å²) in [5.41, 5.74) is 1.17. The highest BCUT2D eigenvalue weighted by Crippen LogP contribution is 2.21. The molecule has 1 N–H and O–H groups in total. The number of piperidine rings is 1. The summed E-state index contributed by atoms with van der Waals surface area (Å²) in [5, 5.41) is 10.6. The van der Waals surface area contributed by atoms with Crippen molar-refractivity contribution >= 4 is 11.3 Å². The van der Waals surface area contributed by atoms with Crippen LogP contribution in [0.3, 0.4) is 0 Å². The molecular weight excluding hydrogens is 208 g/mol. The van der Waals surface area contributed by atoms with Gasteiger partial charge in [0, 0.05) is 24.5 Å². The monoisotopic (exact) mass is 226 g/mol. The van der Waals surface area contributed by atoms with Crippen LogP contribution in [-0.4, -0.2) is 34.2 Å². The molecule has 4 heteroatoms. The molecule has 1 aliphatic heterocycles. The molecule has 0 spiro atoms. The van der Waals surface area contributed by atoms with Crippen LogP contribution in [0, 0.1) is 13.8 Å². The van der Waals surface area contributed by atoms with Gasteiger partial charge < -0.3 is 5.11 Å². The van der Waals surface area contributed by atoms with Crippen LogP contribution in [-0.2, 0) is 6.54 Å². The average Bonchev–Trinajstić information content (AvgIpc) is 2.49. The maximum atomic E-state index is 9.42. The summed E-state index contributed by atoms with van der Waals surface area (Å²) in [6.45, 7) is 7.16. The number of likely N-dealkylation sites (tertiary alicyclic amines) is 1. The first-order chi connectivity index (χ1) is 7.15. The molecule has 2 rings (SSSR count). The van der Waals surface area contributed by atoms with E-state index in [-0.39, 0.29) is 6.10 Å². The van der Waals surface area contributed by atoms with E-state index in [9.17, 15) is 5.11 Å². The molecule has 0 atom stereocenters. The van der Waals surface area contributed by atoms with Gasteiger partial charge in [-0.1, -0.05) is 0 Å². The summed E-state index contributed by atoms with van der Waals surface area (Å²) in [6.07, 6.45) is 1.75. The Balaban J connectivity index is 1.94. The number of rotatable bonds is 2. The normalized spacial score (nSPS) is 19.7. The molecule has 0 radical (unpaired) electrons. The second-order valence-electron chi connectivity index (χ2n) is 4.25. The lowest BCUT2D eigenvalue weighted by molar-refractivity contribution is 0.0796. The quantitative estimate of drug-likeness (QED) is 0.834. The fourth-order valence-corrected chi connectivity index (χ4v) is 2.98. The largest absolute Gasteiger partial charge is 0.393 e. The van der Waals surface area contributed by atoms with E-state index in [0.29, 0.717) is 0 Å². The lowest BCUT2D eigenvalue weighted by Crippen LogP contribution is -2.35. The Morgan fingerprint density at radius 2 is 2.07 bits per heavy atom. The second kappa shape index (κ2) is 4.60. The lowest BCUT2D eigenvalue weighted by atomic mass is 10.1. The van der Waals surface area contributed by atoms with Crippen LogP contribution >= 0.6 is 11.3 Å². The molecule has 1 saturated heterocycles. The number of aliphatic hydroxyl groups excluding tert-OH is 1. The third-order valence-electron chi connectivity index (χ3n) is 2.92. The molecule has 84 valence electrons. The average molecular weight is 226 g/mol. The smallest absolute Gasteiger partial charge is 0.0900 e. The third-order valence-corrected chi connectivity index (χ3v) is 3.98. The number of thiazole rings is 1. The van der Waals surface area contributed by atoms with Gasteiger partial charge >= 0.3 is 0 Å². The number of aromatic nitrogens is 1. The van der Waals surface area contributed by atoms with Gasteiger partial charge in [-0.25, -0.2) is 4.98 Å². The molecule has 0 unspecified atom stereocenters. The Labute approximate surface area is 94.8 Å². The van der Waals surface area contributed by atoms with E-state index >= 15 is 0 Å². The molecular formula is C11H18N2OS. The number of aryl methyl sites for hydroxylation is 2. The lowest BCUT2D eigenvalue weighted by Gasteiger charge is -2.29. The van der Waals surface area contributed by atoms with Gasteiger partial charge in [0.15, 0.2) is 0 Å². The van der Waals surface area contributed by atoms with Gasteiger partial charge in [-0.15, -0.1) is 11.3 Å². The maximum absolute atomic E-state index is 9.42. The van der Waals surface area contributed by atoms with E-state index < -0.39 is 0 Å². The summed E-state index contributed by atoms with van der Waals surface area (Å²) < 4.78 is 0. The van der Waals surface area contributed by atoms with Gasteiger partial charge in [0.25, 0.3) is 0 Å². The van der Waals surface area contributed by atoms with Gasteiger partial charge in [-0.2, -0.15) is 0 Å². The van der Waals surface area contributed by atoms with E-state index in [4.69, 9.17) is 0 Å². The van der Waals surface area contributed by atoms with E-state index in [2.05, 4.69) is 23.7 Å². The minimum Gasteiger partial charge on any atom is -0.393 e. The van der Waals surface area contributed by atoms with Crippen LogP contribution in [0.1, 0.15) is 28.4 Å². The molecule has 1 fully saturated rings. The molecule has 0 saturated carbocycles. The number of hydrogen-bond donors (Lipinski definition) is 1. The Morgan fingerprint density at radius 3 is 2.60 bits per heavy atom. The predicted molar refractivity (Wildman–Crippen MR) is 62.1 cm³/mol. The molecule has 0 amide bonds. The van der Waals surface area contributed by atoms with E-state index in [1.54, 1.807) is 11.3 Å². The highest BCUT2D eigenvalue weighted by atomic mass is 32.1. The predicted octanol–water partition coefficient (Wildman–Crippen LogP) is 1.72. The molecule has 1 aromatic heterocycles. The van der Waals surface area contributed by atoms with Crippen molar-refractivity contribution in [3.63, 3.8) is 0 Å². The van der Waals surface area contributed by atoms with E-state index in [1.165, 1.54) is 10.6 Å². The summed E-state index contributed by atoms with van der Waals surface area (Å²) in [6, 6.07) is 0. The number of hydrogen-bond acceptors (Lipinski definition) is 4. The molecule has 0 aromatic carbocycles. The maximum Gasteiger partial charge on any atom is 0.0900 e. The van der Waals surface area contributed by atoms with Gasteiger partial charge in [0.2, 0.25) is 0 Å². The molecule has 3 nitrogen and oxygen atoms in total. The van der Waals surface area contributed by atoms with Gasteiger partial charge in [0.05, 0.1) is 16.8 Å². The number of aliphatic hydroxyl groups is 1. The fraction of sp³-hybridized carbons (Fsp3) is 0.727. The highest BCUT2D eigenvalue weighted by Gasteiger charge is 2.18. The van der Waals surface area contributed by atoms with Gasteiger partial charge in [-0.3, -0.25) is 4.90 Å². The van der Waals surface area contributed by atoms with Crippen LogP contribution in [0.2, 0.25) is 0 Å². The third kappa shape index (κ3) is 2.77. The van der Waals surface area contributed by atoms with Crippen LogP contribution in [0.25, 0.3) is 0 Å². The zero-order valence-electron chi connectivity index (χ0n) is 9.36. The zero-order chi connectivity index (χ0) is 10.8. The molecule has 1 aliphatic rings. The molecule has 0 bridgehead atoms. The Kier molecular flexibility index (Phi) is 3.38. The fourth-order valence-electron chi connectivity index (χ4n) is 2.00. The Morgan fingerprint density at radius 1 is 1.40 bits per heavy atom. The van der Waals surface area contributed by atoms with Crippen LogP contribution in [0.5, 0.6) is 0 Å².